The van der Waals surface area contributed by atoms with E-state index in [-0.39, 0.29) is 11.4 Å². The van der Waals surface area contributed by atoms with Crippen molar-refractivity contribution in [1.29, 1.82) is 0 Å². The van der Waals surface area contributed by atoms with E-state index in [1.54, 1.807) is 0 Å². The fraction of sp³-hybridized carbons (Fsp3) is 0.500. The highest BCUT2D eigenvalue weighted by molar-refractivity contribution is 6.07. The van der Waals surface area contributed by atoms with Gasteiger partial charge in [0.2, 0.25) is 0 Å². The summed E-state index contributed by atoms with van der Waals surface area (Å²) >= 11 is 5.27. The molecule has 22 heavy (non-hydrogen) atoms. The van der Waals surface area contributed by atoms with Crippen LogP contribution in [-0.4, -0.2) is 57.6 Å². The van der Waals surface area contributed by atoms with Crippen LogP contribution in [0.5, 0.6) is 5.75 Å². The fourth-order valence-corrected chi connectivity index (χ4v) is 2.33. The number of nitro groups is 1. The van der Waals surface area contributed by atoms with Crippen molar-refractivity contribution in [3.05, 3.63) is 34.4 Å². The van der Waals surface area contributed by atoms with Gasteiger partial charge in [-0.3, -0.25) is 14.4 Å². The van der Waals surface area contributed by atoms with Gasteiger partial charge in [-0.1, -0.05) is 12.1 Å². The van der Waals surface area contributed by atoms with Crippen LogP contribution in [-0.2, 0) is 9.03 Å². The quantitative estimate of drug-likeness (QED) is 0.504. The van der Waals surface area contributed by atoms with Crippen molar-refractivity contribution in [3.63, 3.8) is 0 Å². The van der Waals surface area contributed by atoms with Crippen molar-refractivity contribution in [2.75, 3.05) is 6.61 Å². The number of halogens is 1. The standard InChI is InChI=1S/C12H14ClNO8/c13-22-11-10(9(16)8(5-15)21-12(11)17)20-7-4-2-1-3-6(7)14(18)19/h1-4,8-12,15-17H,5H2/t8-,9+,10+,11-,12-/m1/s1. The van der Waals surface area contributed by atoms with Crippen LogP contribution in [0.15, 0.2) is 24.3 Å². The molecule has 9 nitrogen and oxygen atoms in total. The van der Waals surface area contributed by atoms with Gasteiger partial charge in [0.15, 0.2) is 24.2 Å². The molecule has 0 bridgehead atoms. The predicted octanol–water partition coefficient (Wildman–Crippen LogP) is -0.0484. The molecule has 1 heterocycles. The third kappa shape index (κ3) is 3.29. The molecule has 3 N–H and O–H groups in total. The van der Waals surface area contributed by atoms with Crippen molar-refractivity contribution < 1.29 is 34.0 Å². The average molecular weight is 336 g/mol. The number of hydrogen-bond acceptors (Lipinski definition) is 8. The second-order valence-corrected chi connectivity index (χ2v) is 4.78. The molecule has 0 saturated carbocycles. The van der Waals surface area contributed by atoms with Gasteiger partial charge in [0.1, 0.15) is 12.2 Å². The zero-order chi connectivity index (χ0) is 16.3. The normalized spacial score (nSPS) is 31.7. The van der Waals surface area contributed by atoms with E-state index < -0.39 is 42.2 Å². The molecule has 2 rings (SSSR count). The number of para-hydroxylation sites is 2. The molecule has 1 aliphatic heterocycles. The molecule has 1 aliphatic rings. The first-order chi connectivity index (χ1) is 10.5. The summed E-state index contributed by atoms with van der Waals surface area (Å²) in [7, 11) is 0. The number of ether oxygens (including phenoxy) is 2. The number of nitro benzene ring substituents is 1. The summed E-state index contributed by atoms with van der Waals surface area (Å²) < 4.78 is 14.9. The van der Waals surface area contributed by atoms with Crippen LogP contribution in [0.25, 0.3) is 0 Å². The van der Waals surface area contributed by atoms with Gasteiger partial charge in [-0.25, -0.2) is 0 Å². The van der Waals surface area contributed by atoms with Gasteiger partial charge >= 0.3 is 5.69 Å². The molecule has 122 valence electrons. The molecule has 0 aromatic heterocycles. The van der Waals surface area contributed by atoms with Crippen LogP contribution < -0.4 is 4.74 Å². The highest BCUT2D eigenvalue weighted by atomic mass is 35.5. The number of hydrogen-bond donors (Lipinski definition) is 3. The minimum atomic E-state index is -1.58. The molecule has 0 amide bonds. The van der Waals surface area contributed by atoms with Crippen LogP contribution >= 0.6 is 11.9 Å². The summed E-state index contributed by atoms with van der Waals surface area (Å²) in [4.78, 5) is 10.3. The van der Waals surface area contributed by atoms with Crippen LogP contribution in [0.4, 0.5) is 5.69 Å². The van der Waals surface area contributed by atoms with Gasteiger partial charge in [0, 0.05) is 6.07 Å². The number of aliphatic hydroxyl groups is 3. The second kappa shape index (κ2) is 7.18. The number of aliphatic hydroxyl groups excluding tert-OH is 3. The first-order valence-electron chi connectivity index (χ1n) is 6.29. The van der Waals surface area contributed by atoms with E-state index in [0.29, 0.717) is 0 Å². The number of rotatable bonds is 5. The molecule has 1 saturated heterocycles. The van der Waals surface area contributed by atoms with E-state index in [1.165, 1.54) is 24.3 Å². The van der Waals surface area contributed by atoms with Crippen LogP contribution in [0.3, 0.4) is 0 Å². The molecule has 1 aromatic carbocycles. The Morgan fingerprint density at radius 3 is 2.59 bits per heavy atom. The van der Waals surface area contributed by atoms with E-state index in [1.807, 2.05) is 0 Å². The molecule has 0 radical (unpaired) electrons. The zero-order valence-electron chi connectivity index (χ0n) is 11.1. The van der Waals surface area contributed by atoms with Crippen LogP contribution in [0, 0.1) is 10.1 Å². The first kappa shape index (κ1) is 16.9. The largest absolute Gasteiger partial charge is 0.478 e. The smallest absolute Gasteiger partial charge is 0.310 e. The Labute approximate surface area is 129 Å². The van der Waals surface area contributed by atoms with Gasteiger partial charge in [0.25, 0.3) is 0 Å². The third-order valence-corrected chi connectivity index (χ3v) is 3.45. The lowest BCUT2D eigenvalue weighted by molar-refractivity contribution is -0.386. The van der Waals surface area contributed by atoms with Crippen molar-refractivity contribution >= 4 is 17.6 Å². The van der Waals surface area contributed by atoms with Crippen molar-refractivity contribution in [3.8, 4) is 5.75 Å². The van der Waals surface area contributed by atoms with E-state index in [4.69, 9.17) is 26.4 Å². The van der Waals surface area contributed by atoms with Gasteiger partial charge in [-0.2, -0.15) is 0 Å². The first-order valence-corrected chi connectivity index (χ1v) is 6.60. The lowest BCUT2D eigenvalue weighted by Crippen LogP contribution is -2.60. The Kier molecular flexibility index (Phi) is 5.51. The fourth-order valence-electron chi connectivity index (χ4n) is 2.14. The molecule has 0 spiro atoms. The Bertz CT molecular complexity index is 530. The summed E-state index contributed by atoms with van der Waals surface area (Å²) in [5.74, 6) is -0.138. The summed E-state index contributed by atoms with van der Waals surface area (Å²) in [6.07, 6.45) is -6.73. The van der Waals surface area contributed by atoms with E-state index in [0.717, 1.165) is 0 Å². The summed E-state index contributed by atoms with van der Waals surface area (Å²) in [6, 6.07) is 5.50. The van der Waals surface area contributed by atoms with Crippen LogP contribution in [0.2, 0.25) is 0 Å². The Morgan fingerprint density at radius 2 is 2.00 bits per heavy atom. The van der Waals surface area contributed by atoms with E-state index in [2.05, 4.69) is 4.29 Å². The summed E-state index contributed by atoms with van der Waals surface area (Å²) in [5.41, 5.74) is -0.329. The van der Waals surface area contributed by atoms with Crippen molar-refractivity contribution in [1.82, 2.24) is 0 Å². The maximum absolute atomic E-state index is 11.0. The molecule has 0 unspecified atom stereocenters. The SMILES string of the molecule is O=[N+]([O-])c1ccccc1O[C@H]1[C@@H](O)[C@@H](CO)O[C@@H](O)[C@@H]1OCl. The highest BCUT2D eigenvalue weighted by Crippen LogP contribution is 2.32. The number of nitrogens with zero attached hydrogens (tertiary/aromatic N) is 1. The van der Waals surface area contributed by atoms with Crippen molar-refractivity contribution in [2.45, 2.75) is 30.7 Å². The van der Waals surface area contributed by atoms with Gasteiger partial charge in [-0.15, -0.1) is 0 Å². The van der Waals surface area contributed by atoms with E-state index in [9.17, 15) is 20.3 Å². The number of benzene rings is 1. The maximum Gasteiger partial charge on any atom is 0.310 e. The Balaban J connectivity index is 2.30. The lowest BCUT2D eigenvalue weighted by Gasteiger charge is -2.40. The van der Waals surface area contributed by atoms with Crippen molar-refractivity contribution in [2.24, 2.45) is 0 Å². The monoisotopic (exact) mass is 335 g/mol. The minimum Gasteiger partial charge on any atom is -0.478 e. The van der Waals surface area contributed by atoms with Gasteiger partial charge < -0.3 is 24.8 Å². The molecule has 5 atom stereocenters. The zero-order valence-corrected chi connectivity index (χ0v) is 11.9. The Morgan fingerprint density at radius 1 is 1.32 bits per heavy atom. The highest BCUT2D eigenvalue weighted by Gasteiger charge is 2.47. The predicted molar refractivity (Wildman–Crippen MR) is 72.2 cm³/mol. The Hall–Kier alpha value is -1.49. The summed E-state index contributed by atoms with van der Waals surface area (Å²) in [6.45, 7) is -0.593. The van der Waals surface area contributed by atoms with Gasteiger partial charge in [0.05, 0.1) is 23.4 Å². The molecule has 1 aromatic rings. The molecule has 0 aliphatic carbocycles. The lowest BCUT2D eigenvalue weighted by atomic mass is 9.99. The summed E-state index contributed by atoms with van der Waals surface area (Å²) in [5, 5.41) is 40.0. The maximum atomic E-state index is 11.0. The molecule has 1 fully saturated rings. The third-order valence-electron chi connectivity index (χ3n) is 3.24. The van der Waals surface area contributed by atoms with E-state index >= 15 is 0 Å². The van der Waals surface area contributed by atoms with Gasteiger partial charge in [-0.05, 0) is 6.07 Å². The second-order valence-electron chi connectivity index (χ2n) is 4.60. The molecular formula is C12H14ClNO8. The topological polar surface area (TPSA) is 132 Å². The minimum absolute atomic E-state index is 0.138. The van der Waals surface area contributed by atoms with Crippen LogP contribution in [0.1, 0.15) is 0 Å². The molecule has 10 heteroatoms. The molecular weight excluding hydrogens is 322 g/mol. The average Bonchev–Trinajstić information content (AvgIpc) is 2.51.